The van der Waals surface area contributed by atoms with Crippen LogP contribution in [0.25, 0.3) is 0 Å². The van der Waals surface area contributed by atoms with Crippen LogP contribution in [0.5, 0.6) is 5.75 Å². The number of rotatable bonds is 6. The zero-order valence-corrected chi connectivity index (χ0v) is 17.8. The third-order valence-electron chi connectivity index (χ3n) is 5.74. The molecule has 28 heavy (non-hydrogen) atoms. The molecule has 1 amide bonds. The van der Waals surface area contributed by atoms with Crippen molar-refractivity contribution in [2.75, 3.05) is 19.8 Å². The van der Waals surface area contributed by atoms with E-state index in [-0.39, 0.29) is 29.4 Å². The highest BCUT2D eigenvalue weighted by Gasteiger charge is 2.50. The predicted molar refractivity (Wildman–Crippen MR) is 108 cm³/mol. The van der Waals surface area contributed by atoms with Crippen LogP contribution < -0.4 is 4.74 Å². The van der Waals surface area contributed by atoms with E-state index in [2.05, 4.69) is 34.6 Å². The molecule has 0 N–H and O–H groups in total. The summed E-state index contributed by atoms with van der Waals surface area (Å²) in [5.41, 5.74) is 0.860. The lowest BCUT2D eigenvalue weighted by Gasteiger charge is -2.39. The van der Waals surface area contributed by atoms with Crippen LogP contribution in [0.15, 0.2) is 24.3 Å². The SMILES string of the molecule is CC(C)COc1ccc(C(=O)OCC(=O)N2C[C@@]3(C)C[C@@H]2CC(C)(C)C3)cc1. The second-order valence-corrected chi connectivity index (χ2v) is 10.0. The fourth-order valence-corrected chi connectivity index (χ4v) is 5.00. The van der Waals surface area contributed by atoms with Gasteiger partial charge >= 0.3 is 5.97 Å². The normalized spacial score (nSPS) is 25.6. The van der Waals surface area contributed by atoms with E-state index in [9.17, 15) is 9.59 Å². The third kappa shape index (κ3) is 4.86. The quantitative estimate of drug-likeness (QED) is 0.683. The Balaban J connectivity index is 1.53. The second-order valence-electron chi connectivity index (χ2n) is 10.0. The number of carbonyl (C=O) groups is 2. The van der Waals surface area contributed by atoms with Gasteiger partial charge in [0.15, 0.2) is 6.61 Å². The van der Waals surface area contributed by atoms with Gasteiger partial charge in [0, 0.05) is 12.6 Å². The topological polar surface area (TPSA) is 55.8 Å². The van der Waals surface area contributed by atoms with Crippen molar-refractivity contribution in [3.63, 3.8) is 0 Å². The molecule has 2 bridgehead atoms. The summed E-state index contributed by atoms with van der Waals surface area (Å²) in [6.45, 7) is 12.2. The Kier molecular flexibility index (Phi) is 5.74. The van der Waals surface area contributed by atoms with E-state index in [1.165, 1.54) is 0 Å². The molecule has 2 fully saturated rings. The number of carbonyl (C=O) groups excluding carboxylic acids is 2. The lowest BCUT2D eigenvalue weighted by molar-refractivity contribution is -0.135. The molecule has 1 saturated carbocycles. The molecule has 0 radical (unpaired) electrons. The number of amides is 1. The number of hydrogen-bond donors (Lipinski definition) is 0. The van der Waals surface area contributed by atoms with Crippen LogP contribution in [-0.4, -0.2) is 42.6 Å². The minimum atomic E-state index is -0.475. The molecule has 1 aliphatic heterocycles. The Hall–Kier alpha value is -2.04. The summed E-state index contributed by atoms with van der Waals surface area (Å²) in [4.78, 5) is 26.9. The lowest BCUT2D eigenvalue weighted by atomic mass is 9.65. The molecule has 2 aliphatic rings. The van der Waals surface area contributed by atoms with Crippen LogP contribution in [0.1, 0.15) is 64.2 Å². The molecule has 1 heterocycles. The molecule has 1 aromatic carbocycles. The molecule has 2 atom stereocenters. The first-order valence-electron chi connectivity index (χ1n) is 10.3. The number of hydrogen-bond acceptors (Lipinski definition) is 4. The van der Waals surface area contributed by atoms with E-state index in [1.807, 2.05) is 4.90 Å². The van der Waals surface area contributed by atoms with Crippen LogP contribution in [0, 0.1) is 16.7 Å². The summed E-state index contributed by atoms with van der Waals surface area (Å²) in [5, 5.41) is 0. The van der Waals surface area contributed by atoms with Gasteiger partial charge in [-0.1, -0.05) is 34.6 Å². The number of fused-ring (bicyclic) bond motifs is 2. The van der Waals surface area contributed by atoms with E-state index in [1.54, 1.807) is 24.3 Å². The monoisotopic (exact) mass is 387 g/mol. The van der Waals surface area contributed by atoms with Crippen molar-refractivity contribution in [2.45, 2.75) is 59.9 Å². The average molecular weight is 388 g/mol. The first-order valence-corrected chi connectivity index (χ1v) is 10.3. The Bertz CT molecular complexity index is 725. The van der Waals surface area contributed by atoms with Crippen molar-refractivity contribution in [3.8, 4) is 5.75 Å². The highest BCUT2D eigenvalue weighted by Crippen LogP contribution is 2.52. The van der Waals surface area contributed by atoms with Crippen molar-refractivity contribution >= 4 is 11.9 Å². The summed E-state index contributed by atoms with van der Waals surface area (Å²) in [6.07, 6.45) is 3.19. The number of esters is 1. The number of ether oxygens (including phenoxy) is 2. The second kappa shape index (κ2) is 7.76. The van der Waals surface area contributed by atoms with Gasteiger partial charge in [0.1, 0.15) is 5.75 Å². The van der Waals surface area contributed by atoms with E-state index in [0.29, 0.717) is 18.1 Å². The number of nitrogens with zero attached hydrogens (tertiary/aromatic N) is 1. The first kappa shape index (κ1) is 20.7. The minimum Gasteiger partial charge on any atom is -0.493 e. The van der Waals surface area contributed by atoms with Gasteiger partial charge in [0.25, 0.3) is 5.91 Å². The Morgan fingerprint density at radius 3 is 2.46 bits per heavy atom. The molecule has 1 aliphatic carbocycles. The Morgan fingerprint density at radius 2 is 1.82 bits per heavy atom. The molecule has 3 rings (SSSR count). The van der Waals surface area contributed by atoms with Gasteiger partial charge in [0.05, 0.1) is 12.2 Å². The van der Waals surface area contributed by atoms with Gasteiger partial charge in [-0.15, -0.1) is 0 Å². The van der Waals surface area contributed by atoms with Gasteiger partial charge in [-0.25, -0.2) is 4.79 Å². The maximum atomic E-state index is 12.7. The van der Waals surface area contributed by atoms with Crippen molar-refractivity contribution in [2.24, 2.45) is 16.7 Å². The van der Waals surface area contributed by atoms with Crippen molar-refractivity contribution in [1.82, 2.24) is 4.90 Å². The summed E-state index contributed by atoms with van der Waals surface area (Å²) in [7, 11) is 0. The largest absolute Gasteiger partial charge is 0.493 e. The maximum absolute atomic E-state index is 12.7. The molecule has 5 heteroatoms. The van der Waals surface area contributed by atoms with E-state index in [0.717, 1.165) is 31.6 Å². The zero-order valence-electron chi connectivity index (χ0n) is 17.8. The first-order chi connectivity index (χ1) is 13.1. The summed E-state index contributed by atoms with van der Waals surface area (Å²) < 4.78 is 10.9. The van der Waals surface area contributed by atoms with Crippen LogP contribution in [0.2, 0.25) is 0 Å². The summed E-state index contributed by atoms with van der Waals surface area (Å²) in [6, 6.07) is 7.13. The number of benzene rings is 1. The Morgan fingerprint density at radius 1 is 1.14 bits per heavy atom. The molecule has 1 saturated heterocycles. The highest BCUT2D eigenvalue weighted by atomic mass is 16.5. The average Bonchev–Trinajstić information content (AvgIpc) is 2.86. The lowest BCUT2D eigenvalue weighted by Crippen LogP contribution is -2.39. The van der Waals surface area contributed by atoms with Gasteiger partial charge in [0.2, 0.25) is 0 Å². The van der Waals surface area contributed by atoms with Crippen LogP contribution in [0.3, 0.4) is 0 Å². The van der Waals surface area contributed by atoms with Crippen molar-refractivity contribution < 1.29 is 19.1 Å². The molecular weight excluding hydrogens is 354 g/mol. The van der Waals surface area contributed by atoms with Gasteiger partial charge in [-0.3, -0.25) is 4.79 Å². The molecular formula is C23H33NO4. The van der Waals surface area contributed by atoms with Crippen molar-refractivity contribution in [1.29, 1.82) is 0 Å². The van der Waals surface area contributed by atoms with Crippen molar-refractivity contribution in [3.05, 3.63) is 29.8 Å². The molecule has 0 unspecified atom stereocenters. The molecule has 5 nitrogen and oxygen atoms in total. The maximum Gasteiger partial charge on any atom is 0.338 e. The molecule has 154 valence electrons. The zero-order chi connectivity index (χ0) is 20.5. The molecule has 0 aromatic heterocycles. The molecule has 1 aromatic rings. The van der Waals surface area contributed by atoms with E-state index in [4.69, 9.17) is 9.47 Å². The number of likely N-dealkylation sites (tertiary alicyclic amines) is 1. The Labute approximate surface area is 168 Å². The smallest absolute Gasteiger partial charge is 0.338 e. The van der Waals surface area contributed by atoms with Crippen LogP contribution in [-0.2, 0) is 9.53 Å². The van der Waals surface area contributed by atoms with Crippen LogP contribution in [0.4, 0.5) is 0 Å². The fraction of sp³-hybridized carbons (Fsp3) is 0.652. The summed E-state index contributed by atoms with van der Waals surface area (Å²) >= 11 is 0. The van der Waals surface area contributed by atoms with Gasteiger partial charge in [-0.2, -0.15) is 0 Å². The van der Waals surface area contributed by atoms with Gasteiger partial charge < -0.3 is 14.4 Å². The van der Waals surface area contributed by atoms with E-state index < -0.39 is 5.97 Å². The predicted octanol–water partition coefficient (Wildman–Crippen LogP) is 4.31. The highest BCUT2D eigenvalue weighted by molar-refractivity contribution is 5.91. The third-order valence-corrected chi connectivity index (χ3v) is 5.74. The summed E-state index contributed by atoms with van der Waals surface area (Å²) in [5.74, 6) is 0.601. The van der Waals surface area contributed by atoms with Crippen LogP contribution >= 0.6 is 0 Å². The molecule has 0 spiro atoms. The fourth-order valence-electron chi connectivity index (χ4n) is 5.00. The van der Waals surface area contributed by atoms with E-state index >= 15 is 0 Å². The van der Waals surface area contributed by atoms with Gasteiger partial charge in [-0.05, 0) is 60.3 Å². The minimum absolute atomic E-state index is 0.0864. The standard InChI is InChI=1S/C23H33NO4/c1-16(2)12-27-19-8-6-17(7-9-19)21(26)28-13-20(25)24-15-23(5)11-18(24)10-22(3,4)14-23/h6-9,16,18H,10-15H2,1-5H3/t18-,23-/m0/s1.